The summed E-state index contributed by atoms with van der Waals surface area (Å²) in [5.41, 5.74) is 7.87. The average Bonchev–Trinajstić information content (AvgIpc) is 2.55. The Bertz CT molecular complexity index is 758. The van der Waals surface area contributed by atoms with Crippen molar-refractivity contribution in [3.05, 3.63) is 78.2 Å². The molecule has 0 fully saturated rings. The second kappa shape index (κ2) is 6.26. The van der Waals surface area contributed by atoms with Crippen molar-refractivity contribution in [2.24, 2.45) is 0 Å². The van der Waals surface area contributed by atoms with Gasteiger partial charge in [0.15, 0.2) is 5.82 Å². The smallest absolute Gasteiger partial charge is 0.151 e. The first-order valence-electron chi connectivity index (χ1n) is 6.90. The minimum atomic E-state index is -0.432. The van der Waals surface area contributed by atoms with Crippen LogP contribution >= 0.6 is 0 Å². The number of rotatable bonds is 4. The molecule has 4 heteroatoms. The van der Waals surface area contributed by atoms with E-state index in [-0.39, 0.29) is 5.69 Å². The van der Waals surface area contributed by atoms with E-state index >= 15 is 0 Å². The fourth-order valence-corrected chi connectivity index (χ4v) is 2.12. The zero-order chi connectivity index (χ0) is 15.4. The fourth-order valence-electron chi connectivity index (χ4n) is 2.12. The molecule has 22 heavy (non-hydrogen) atoms. The molecule has 3 rings (SSSR count). The van der Waals surface area contributed by atoms with Crippen molar-refractivity contribution in [3.8, 4) is 17.0 Å². The van der Waals surface area contributed by atoms with Crippen LogP contribution in [0.3, 0.4) is 0 Å². The lowest BCUT2D eigenvalue weighted by Crippen LogP contribution is -1.96. The number of benzene rings is 2. The molecular weight excluding hydrogens is 279 g/mol. The molecule has 0 unspecified atom stereocenters. The molecular formula is C18H15FN2O. The van der Waals surface area contributed by atoms with E-state index < -0.39 is 5.82 Å². The summed E-state index contributed by atoms with van der Waals surface area (Å²) in [5, 5.41) is 0. The van der Waals surface area contributed by atoms with Gasteiger partial charge in [-0.1, -0.05) is 30.3 Å². The van der Waals surface area contributed by atoms with Gasteiger partial charge in [-0.15, -0.1) is 0 Å². The lowest BCUT2D eigenvalue weighted by molar-refractivity contribution is 0.306. The molecule has 0 aliphatic heterocycles. The summed E-state index contributed by atoms with van der Waals surface area (Å²) in [7, 11) is 0. The van der Waals surface area contributed by atoms with Crippen molar-refractivity contribution < 1.29 is 9.13 Å². The van der Waals surface area contributed by atoms with Crippen LogP contribution in [0.1, 0.15) is 5.56 Å². The zero-order valence-electron chi connectivity index (χ0n) is 11.9. The first-order valence-corrected chi connectivity index (χ1v) is 6.90. The number of anilines is 1. The number of aromatic nitrogens is 1. The highest BCUT2D eigenvalue weighted by molar-refractivity contribution is 5.62. The Morgan fingerprint density at radius 2 is 1.73 bits per heavy atom. The summed E-state index contributed by atoms with van der Waals surface area (Å²) in [6.07, 6.45) is 1.44. The Balaban J connectivity index is 1.72. The Morgan fingerprint density at radius 1 is 1.00 bits per heavy atom. The largest absolute Gasteiger partial charge is 0.489 e. The first kappa shape index (κ1) is 14.1. The van der Waals surface area contributed by atoms with E-state index in [1.807, 2.05) is 30.3 Å². The standard InChI is InChI=1S/C18H15FN2O/c19-17-10-15(20)11-21-18(17)14-6-8-16(9-7-14)22-12-13-4-2-1-3-5-13/h1-11H,12,20H2. The van der Waals surface area contributed by atoms with E-state index in [2.05, 4.69) is 4.98 Å². The Hall–Kier alpha value is -2.88. The summed E-state index contributed by atoms with van der Waals surface area (Å²) >= 11 is 0. The van der Waals surface area contributed by atoms with Crippen LogP contribution in [0.25, 0.3) is 11.3 Å². The van der Waals surface area contributed by atoms with Crippen LogP contribution < -0.4 is 10.5 Å². The predicted molar refractivity (Wildman–Crippen MR) is 84.8 cm³/mol. The van der Waals surface area contributed by atoms with Gasteiger partial charge in [0, 0.05) is 11.6 Å². The van der Waals surface area contributed by atoms with Gasteiger partial charge in [0.25, 0.3) is 0 Å². The van der Waals surface area contributed by atoms with Gasteiger partial charge in [-0.05, 0) is 29.8 Å². The highest BCUT2D eigenvalue weighted by Crippen LogP contribution is 2.24. The molecule has 3 aromatic rings. The van der Waals surface area contributed by atoms with Gasteiger partial charge in [-0.25, -0.2) is 4.39 Å². The van der Waals surface area contributed by atoms with Crippen LogP contribution in [0.4, 0.5) is 10.1 Å². The normalized spacial score (nSPS) is 10.4. The van der Waals surface area contributed by atoms with Crippen LogP contribution in [0.5, 0.6) is 5.75 Å². The maximum atomic E-state index is 13.8. The van der Waals surface area contributed by atoms with Gasteiger partial charge in [0.05, 0.1) is 11.9 Å². The molecule has 0 spiro atoms. The number of nitrogens with two attached hydrogens (primary N) is 1. The third-order valence-corrected chi connectivity index (χ3v) is 3.24. The molecule has 1 heterocycles. The number of halogens is 1. The minimum Gasteiger partial charge on any atom is -0.489 e. The van der Waals surface area contributed by atoms with Gasteiger partial charge in [-0.3, -0.25) is 4.98 Å². The summed E-state index contributed by atoms with van der Waals surface area (Å²) in [4.78, 5) is 4.03. The SMILES string of the molecule is Nc1cnc(-c2ccc(OCc3ccccc3)cc2)c(F)c1. The molecule has 110 valence electrons. The van der Waals surface area contributed by atoms with Crippen LogP contribution in [0.15, 0.2) is 66.9 Å². The summed E-state index contributed by atoms with van der Waals surface area (Å²) in [6, 6.07) is 18.3. The van der Waals surface area contributed by atoms with Crippen molar-refractivity contribution in [2.75, 3.05) is 5.73 Å². The molecule has 1 aromatic heterocycles. The molecule has 0 amide bonds. The van der Waals surface area contributed by atoms with Gasteiger partial charge in [0.2, 0.25) is 0 Å². The van der Waals surface area contributed by atoms with E-state index in [1.165, 1.54) is 12.3 Å². The number of hydrogen-bond donors (Lipinski definition) is 1. The molecule has 0 saturated carbocycles. The van der Waals surface area contributed by atoms with E-state index in [9.17, 15) is 4.39 Å². The molecule has 0 radical (unpaired) electrons. The highest BCUT2D eigenvalue weighted by Gasteiger charge is 2.07. The van der Waals surface area contributed by atoms with Gasteiger partial charge in [0.1, 0.15) is 18.1 Å². The van der Waals surface area contributed by atoms with E-state index in [0.29, 0.717) is 17.9 Å². The lowest BCUT2D eigenvalue weighted by Gasteiger charge is -2.08. The van der Waals surface area contributed by atoms with Gasteiger partial charge >= 0.3 is 0 Å². The maximum Gasteiger partial charge on any atom is 0.151 e. The Kier molecular flexibility index (Phi) is 4.01. The third kappa shape index (κ3) is 3.23. The Labute approximate surface area is 128 Å². The van der Waals surface area contributed by atoms with Crippen molar-refractivity contribution >= 4 is 5.69 Å². The molecule has 0 aliphatic rings. The van der Waals surface area contributed by atoms with Crippen LogP contribution in [-0.2, 0) is 6.61 Å². The third-order valence-electron chi connectivity index (χ3n) is 3.24. The van der Waals surface area contributed by atoms with E-state index in [1.54, 1.807) is 24.3 Å². The van der Waals surface area contributed by atoms with Crippen LogP contribution in [0.2, 0.25) is 0 Å². The molecule has 0 atom stereocenters. The van der Waals surface area contributed by atoms with Crippen molar-refractivity contribution in [1.82, 2.24) is 4.98 Å². The maximum absolute atomic E-state index is 13.8. The van der Waals surface area contributed by atoms with Crippen molar-refractivity contribution in [3.63, 3.8) is 0 Å². The summed E-state index contributed by atoms with van der Waals surface area (Å²) < 4.78 is 19.5. The summed E-state index contributed by atoms with van der Waals surface area (Å²) in [6.45, 7) is 0.495. The van der Waals surface area contributed by atoms with Crippen LogP contribution in [-0.4, -0.2) is 4.98 Å². The number of ether oxygens (including phenoxy) is 1. The second-order valence-corrected chi connectivity index (χ2v) is 4.90. The molecule has 0 aliphatic carbocycles. The number of pyridine rings is 1. The minimum absolute atomic E-state index is 0.281. The van der Waals surface area contributed by atoms with Crippen LogP contribution in [0, 0.1) is 5.82 Å². The zero-order valence-corrected chi connectivity index (χ0v) is 11.9. The van der Waals surface area contributed by atoms with Gasteiger partial charge in [-0.2, -0.15) is 0 Å². The second-order valence-electron chi connectivity index (χ2n) is 4.90. The van der Waals surface area contributed by atoms with Crippen molar-refractivity contribution in [1.29, 1.82) is 0 Å². The molecule has 0 saturated heterocycles. The van der Waals surface area contributed by atoms with E-state index in [0.717, 1.165) is 11.3 Å². The monoisotopic (exact) mass is 294 g/mol. The first-order chi connectivity index (χ1) is 10.7. The predicted octanol–water partition coefficient (Wildman–Crippen LogP) is 4.05. The summed E-state index contributed by atoms with van der Waals surface area (Å²) in [5.74, 6) is 0.293. The topological polar surface area (TPSA) is 48.1 Å². The van der Waals surface area contributed by atoms with Gasteiger partial charge < -0.3 is 10.5 Å². The quantitative estimate of drug-likeness (QED) is 0.789. The number of hydrogen-bond acceptors (Lipinski definition) is 3. The van der Waals surface area contributed by atoms with Crippen molar-refractivity contribution in [2.45, 2.75) is 6.61 Å². The Morgan fingerprint density at radius 3 is 2.41 bits per heavy atom. The molecule has 2 N–H and O–H groups in total. The molecule has 2 aromatic carbocycles. The number of nitrogen functional groups attached to an aromatic ring is 1. The fraction of sp³-hybridized carbons (Fsp3) is 0.0556. The molecule has 3 nitrogen and oxygen atoms in total. The number of nitrogens with zero attached hydrogens (tertiary/aromatic N) is 1. The average molecular weight is 294 g/mol. The highest BCUT2D eigenvalue weighted by atomic mass is 19.1. The lowest BCUT2D eigenvalue weighted by atomic mass is 10.1. The van der Waals surface area contributed by atoms with E-state index in [4.69, 9.17) is 10.5 Å². The molecule has 0 bridgehead atoms.